The van der Waals surface area contributed by atoms with E-state index in [0.29, 0.717) is 24.3 Å². The van der Waals surface area contributed by atoms with Gasteiger partial charge < -0.3 is 19.8 Å². The zero-order valence-electron chi connectivity index (χ0n) is 12.0. The molecule has 19 heavy (non-hydrogen) atoms. The maximum atomic E-state index is 10.7. The fraction of sp³-hybridized carbons (Fsp3) is 0.692. The quantitative estimate of drug-likeness (QED) is 0.743. The molecule has 0 amide bonds. The van der Waals surface area contributed by atoms with Crippen molar-refractivity contribution in [2.45, 2.75) is 32.9 Å². The van der Waals surface area contributed by atoms with Crippen LogP contribution in [0.3, 0.4) is 0 Å². The van der Waals surface area contributed by atoms with E-state index in [9.17, 15) is 4.79 Å². The highest BCUT2D eigenvalue weighted by Crippen LogP contribution is 2.08. The first-order valence-electron chi connectivity index (χ1n) is 6.45. The third-order valence-corrected chi connectivity index (χ3v) is 2.68. The minimum Gasteiger partial charge on any atom is -0.476 e. The van der Waals surface area contributed by atoms with Crippen molar-refractivity contribution >= 4 is 5.97 Å². The maximum Gasteiger partial charge on any atom is 0.358 e. The van der Waals surface area contributed by atoms with Crippen LogP contribution in [-0.4, -0.2) is 47.8 Å². The molecule has 0 aromatic carbocycles. The number of hydrogen-bond donors (Lipinski definition) is 2. The van der Waals surface area contributed by atoms with Gasteiger partial charge in [-0.3, -0.25) is 0 Å². The largest absolute Gasteiger partial charge is 0.476 e. The Labute approximate surface area is 113 Å². The average Bonchev–Trinajstić information content (AvgIpc) is 2.73. The molecule has 0 aliphatic heterocycles. The summed E-state index contributed by atoms with van der Waals surface area (Å²) < 4.78 is 4.98. The topological polar surface area (TPSA) is 78.6 Å². The summed E-state index contributed by atoms with van der Waals surface area (Å²) >= 11 is 0. The molecule has 0 saturated heterocycles. The summed E-state index contributed by atoms with van der Waals surface area (Å²) in [7, 11) is 4.07. The van der Waals surface area contributed by atoms with E-state index in [0.717, 1.165) is 13.0 Å². The van der Waals surface area contributed by atoms with Gasteiger partial charge in [-0.1, -0.05) is 19.0 Å². The molecular formula is C13H23N3O3. The van der Waals surface area contributed by atoms with Crippen molar-refractivity contribution in [3.05, 3.63) is 17.5 Å². The van der Waals surface area contributed by atoms with Crippen LogP contribution in [0.2, 0.25) is 0 Å². The number of nitrogens with one attached hydrogen (secondary N) is 1. The Morgan fingerprint density at radius 2 is 2.21 bits per heavy atom. The second-order valence-electron chi connectivity index (χ2n) is 5.45. The van der Waals surface area contributed by atoms with E-state index in [2.05, 4.69) is 29.2 Å². The second-order valence-corrected chi connectivity index (χ2v) is 5.45. The van der Waals surface area contributed by atoms with Crippen molar-refractivity contribution in [2.75, 3.05) is 20.6 Å². The Morgan fingerprint density at radius 3 is 2.68 bits per heavy atom. The Bertz CT molecular complexity index is 392. The molecule has 1 aromatic rings. The molecule has 0 aliphatic rings. The van der Waals surface area contributed by atoms with Gasteiger partial charge in [0, 0.05) is 18.7 Å². The van der Waals surface area contributed by atoms with E-state index >= 15 is 0 Å². The highest BCUT2D eigenvalue weighted by atomic mass is 16.5. The van der Waals surface area contributed by atoms with Crippen LogP contribution in [0.5, 0.6) is 0 Å². The Hall–Kier alpha value is -1.40. The molecule has 0 aliphatic carbocycles. The van der Waals surface area contributed by atoms with Crippen LogP contribution in [0, 0.1) is 5.92 Å². The summed E-state index contributed by atoms with van der Waals surface area (Å²) in [4.78, 5) is 12.8. The monoisotopic (exact) mass is 269 g/mol. The highest BCUT2D eigenvalue weighted by molar-refractivity contribution is 5.85. The molecule has 2 N–H and O–H groups in total. The van der Waals surface area contributed by atoms with Gasteiger partial charge in [0.25, 0.3) is 0 Å². The van der Waals surface area contributed by atoms with Crippen molar-refractivity contribution in [3.8, 4) is 0 Å². The van der Waals surface area contributed by atoms with Crippen molar-refractivity contribution < 1.29 is 14.4 Å². The summed E-state index contributed by atoms with van der Waals surface area (Å²) in [6.45, 7) is 5.78. The molecule has 0 saturated carbocycles. The summed E-state index contributed by atoms with van der Waals surface area (Å²) in [6.07, 6.45) is 1.05. The predicted octanol–water partition coefficient (Wildman–Crippen LogP) is 1.44. The van der Waals surface area contributed by atoms with Gasteiger partial charge in [0.15, 0.2) is 11.5 Å². The van der Waals surface area contributed by atoms with Crippen molar-refractivity contribution in [3.63, 3.8) is 0 Å². The van der Waals surface area contributed by atoms with Crippen LogP contribution in [0.15, 0.2) is 10.6 Å². The lowest BCUT2D eigenvalue weighted by Crippen LogP contribution is -2.38. The fourth-order valence-electron chi connectivity index (χ4n) is 1.97. The number of carbonyl (C=O) groups is 1. The van der Waals surface area contributed by atoms with Crippen LogP contribution in [0.1, 0.15) is 36.5 Å². The average molecular weight is 269 g/mol. The molecule has 6 heteroatoms. The van der Waals surface area contributed by atoms with Gasteiger partial charge in [-0.25, -0.2) is 4.79 Å². The van der Waals surface area contributed by atoms with E-state index in [-0.39, 0.29) is 5.69 Å². The highest BCUT2D eigenvalue weighted by Gasteiger charge is 2.14. The smallest absolute Gasteiger partial charge is 0.358 e. The number of carboxylic acids is 1. The van der Waals surface area contributed by atoms with Gasteiger partial charge >= 0.3 is 5.97 Å². The van der Waals surface area contributed by atoms with Gasteiger partial charge in [0.05, 0.1) is 6.54 Å². The number of carboxylic acid groups (broad SMARTS) is 1. The molecule has 0 fully saturated rings. The van der Waals surface area contributed by atoms with Gasteiger partial charge in [-0.2, -0.15) is 0 Å². The normalized spacial score (nSPS) is 13.2. The first-order chi connectivity index (χ1) is 8.88. The lowest BCUT2D eigenvalue weighted by molar-refractivity contribution is 0.0685. The van der Waals surface area contributed by atoms with Crippen LogP contribution in [0.4, 0.5) is 0 Å². The Kier molecular flexibility index (Phi) is 5.98. The third kappa shape index (κ3) is 5.85. The predicted molar refractivity (Wildman–Crippen MR) is 72.1 cm³/mol. The summed E-state index contributed by atoms with van der Waals surface area (Å²) in [6, 6.07) is 1.80. The summed E-state index contributed by atoms with van der Waals surface area (Å²) in [5.74, 6) is 0.0775. The van der Waals surface area contributed by atoms with Gasteiger partial charge in [0.1, 0.15) is 0 Å². The first-order valence-corrected chi connectivity index (χ1v) is 6.45. The second kappa shape index (κ2) is 7.25. The SMILES string of the molecule is CC(C)CC(CN(C)C)NCc1cc(C(=O)O)no1. The minimum atomic E-state index is -1.07. The number of likely N-dealkylation sites (N-methyl/N-ethyl adjacent to an activating group) is 1. The van der Waals surface area contributed by atoms with E-state index in [4.69, 9.17) is 9.63 Å². The van der Waals surface area contributed by atoms with Crippen LogP contribution >= 0.6 is 0 Å². The fourth-order valence-corrected chi connectivity index (χ4v) is 1.97. The molecule has 6 nitrogen and oxygen atoms in total. The van der Waals surface area contributed by atoms with Crippen LogP contribution < -0.4 is 5.32 Å². The number of hydrogen-bond acceptors (Lipinski definition) is 5. The van der Waals surface area contributed by atoms with E-state index in [1.807, 2.05) is 14.1 Å². The number of nitrogens with zero attached hydrogens (tertiary/aromatic N) is 2. The minimum absolute atomic E-state index is 0.0511. The summed E-state index contributed by atoms with van der Waals surface area (Å²) in [5.41, 5.74) is -0.0511. The standard InChI is InChI=1S/C13H23N3O3/c1-9(2)5-10(8-16(3)4)14-7-11-6-12(13(17)18)15-19-11/h6,9-10,14H,5,7-8H2,1-4H3,(H,17,18). The van der Waals surface area contributed by atoms with Crippen LogP contribution in [-0.2, 0) is 6.54 Å². The lowest BCUT2D eigenvalue weighted by Gasteiger charge is -2.23. The number of aromatic carboxylic acids is 1. The van der Waals surface area contributed by atoms with E-state index < -0.39 is 5.97 Å². The summed E-state index contributed by atoms with van der Waals surface area (Å²) in [5, 5.41) is 15.6. The molecule has 1 aromatic heterocycles. The Morgan fingerprint density at radius 1 is 1.53 bits per heavy atom. The van der Waals surface area contributed by atoms with Gasteiger partial charge in [-0.05, 0) is 26.4 Å². The van der Waals surface area contributed by atoms with Crippen LogP contribution in [0.25, 0.3) is 0 Å². The number of rotatable bonds is 8. The lowest BCUT2D eigenvalue weighted by atomic mass is 10.0. The maximum absolute atomic E-state index is 10.7. The molecule has 1 atom stereocenters. The number of aromatic nitrogens is 1. The molecule has 0 radical (unpaired) electrons. The van der Waals surface area contributed by atoms with E-state index in [1.165, 1.54) is 6.07 Å². The molecule has 1 rings (SSSR count). The van der Waals surface area contributed by atoms with Gasteiger partial charge in [0.2, 0.25) is 0 Å². The van der Waals surface area contributed by atoms with Crippen molar-refractivity contribution in [1.82, 2.24) is 15.4 Å². The molecular weight excluding hydrogens is 246 g/mol. The third-order valence-electron chi connectivity index (χ3n) is 2.68. The zero-order chi connectivity index (χ0) is 14.4. The molecule has 0 spiro atoms. The molecule has 108 valence electrons. The first kappa shape index (κ1) is 15.7. The molecule has 0 bridgehead atoms. The van der Waals surface area contributed by atoms with E-state index in [1.54, 1.807) is 0 Å². The zero-order valence-corrected chi connectivity index (χ0v) is 12.0. The molecule has 1 heterocycles. The van der Waals surface area contributed by atoms with Crippen molar-refractivity contribution in [2.24, 2.45) is 5.92 Å². The molecule has 1 unspecified atom stereocenters. The van der Waals surface area contributed by atoms with Crippen molar-refractivity contribution in [1.29, 1.82) is 0 Å². The Balaban J connectivity index is 2.51. The van der Waals surface area contributed by atoms with Gasteiger partial charge in [-0.15, -0.1) is 0 Å².